The zero-order chi connectivity index (χ0) is 19.6. The third-order valence-electron chi connectivity index (χ3n) is 3.59. The molecule has 0 unspecified atom stereocenters. The van der Waals surface area contributed by atoms with Gasteiger partial charge >= 0.3 is 5.76 Å². The topological polar surface area (TPSA) is 121 Å². The van der Waals surface area contributed by atoms with Crippen molar-refractivity contribution in [3.63, 3.8) is 0 Å². The highest BCUT2D eigenvalue weighted by Gasteiger charge is 2.22. The second-order valence-corrected chi connectivity index (χ2v) is 9.22. The largest absolute Gasteiger partial charge is 0.446 e. The molecule has 0 aliphatic carbocycles. The number of benzene rings is 1. The van der Waals surface area contributed by atoms with Crippen molar-refractivity contribution in [1.29, 1.82) is 0 Å². The number of rotatable bonds is 7. The first kappa shape index (κ1) is 19.7. The van der Waals surface area contributed by atoms with Crippen LogP contribution in [0, 0.1) is 5.82 Å². The molecule has 27 heavy (non-hydrogen) atoms. The fourth-order valence-corrected chi connectivity index (χ4v) is 3.60. The fraction of sp³-hybridized carbons (Fsp3) is 0.286. The van der Waals surface area contributed by atoms with Gasteiger partial charge in [-0.1, -0.05) is 10.3 Å². The highest BCUT2D eigenvalue weighted by Crippen LogP contribution is 2.24. The molecule has 13 heteroatoms. The molecule has 0 fully saturated rings. The molecule has 0 aliphatic heterocycles. The molecule has 9 nitrogen and oxygen atoms in total. The predicted molar refractivity (Wildman–Crippen MR) is 95.6 cm³/mol. The smallest absolute Gasteiger partial charge is 0.295 e. The molecule has 0 bridgehead atoms. The summed E-state index contributed by atoms with van der Waals surface area (Å²) in [6.07, 6.45) is 1.07. The normalized spacial score (nSPS) is 11.8. The highest BCUT2D eigenvalue weighted by atomic mass is 79.9. The number of hydrogen-bond donors (Lipinski definition) is 0. The number of nitrogens with zero attached hydrogens (tertiary/aromatic N) is 4. The molecular formula is C14H11BrClFN4O5S. The van der Waals surface area contributed by atoms with Gasteiger partial charge in [0.25, 0.3) is 0 Å². The molecule has 0 aliphatic rings. The summed E-state index contributed by atoms with van der Waals surface area (Å²) in [5.41, 5.74) is 0.826. The van der Waals surface area contributed by atoms with Crippen molar-refractivity contribution < 1.29 is 22.0 Å². The van der Waals surface area contributed by atoms with Gasteiger partial charge in [-0.3, -0.25) is 4.52 Å². The molecule has 0 atom stereocenters. The van der Waals surface area contributed by atoms with E-state index < -0.39 is 20.6 Å². The molecular weight excluding hydrogens is 471 g/mol. The summed E-state index contributed by atoms with van der Waals surface area (Å²) in [5, 5.41) is 11.2. The van der Waals surface area contributed by atoms with Gasteiger partial charge < -0.3 is 0 Å². The first-order valence-electron chi connectivity index (χ1n) is 7.54. The van der Waals surface area contributed by atoms with Gasteiger partial charge in [-0.15, -0.1) is 0 Å². The lowest BCUT2D eigenvalue weighted by Crippen LogP contribution is -2.14. The van der Waals surface area contributed by atoms with Crippen LogP contribution < -0.4 is 5.76 Å². The zero-order valence-corrected chi connectivity index (χ0v) is 16.6. The Bertz CT molecular complexity index is 1130. The van der Waals surface area contributed by atoms with E-state index in [1.807, 2.05) is 0 Å². The maximum atomic E-state index is 13.5. The molecule has 0 radical (unpaired) electrons. The first-order valence-corrected chi connectivity index (χ1v) is 10.8. The first-order chi connectivity index (χ1) is 12.8. The summed E-state index contributed by atoms with van der Waals surface area (Å²) in [6, 6.07) is 3.94. The summed E-state index contributed by atoms with van der Waals surface area (Å²) < 4.78 is 46.1. The third-order valence-corrected chi connectivity index (χ3v) is 5.43. The number of hydrogen-bond acceptors (Lipinski definition) is 8. The van der Waals surface area contributed by atoms with E-state index in [0.29, 0.717) is 30.6 Å². The monoisotopic (exact) mass is 480 g/mol. The van der Waals surface area contributed by atoms with E-state index in [0.717, 1.165) is 4.57 Å². The molecule has 0 amide bonds. The Labute approximate surface area is 164 Å². The predicted octanol–water partition coefficient (Wildman–Crippen LogP) is 2.67. The van der Waals surface area contributed by atoms with Crippen LogP contribution in [-0.2, 0) is 15.5 Å². The van der Waals surface area contributed by atoms with Crippen molar-refractivity contribution >= 4 is 35.7 Å². The Balaban J connectivity index is 1.89. The summed E-state index contributed by atoms with van der Waals surface area (Å²) in [5.74, 6) is -1.44. The van der Waals surface area contributed by atoms with Gasteiger partial charge in [-0.25, -0.2) is 26.8 Å². The van der Waals surface area contributed by atoms with Crippen molar-refractivity contribution in [1.82, 2.24) is 20.0 Å². The molecule has 0 saturated heterocycles. The van der Waals surface area contributed by atoms with E-state index in [9.17, 15) is 17.6 Å². The molecule has 3 rings (SSSR count). The molecule has 2 heterocycles. The third kappa shape index (κ3) is 4.62. The van der Waals surface area contributed by atoms with E-state index >= 15 is 0 Å². The van der Waals surface area contributed by atoms with Crippen LogP contribution in [0.25, 0.3) is 17.2 Å². The molecule has 0 saturated carbocycles. The van der Waals surface area contributed by atoms with Crippen LogP contribution in [-0.4, -0.2) is 34.2 Å². The van der Waals surface area contributed by atoms with E-state index in [1.165, 1.54) is 18.2 Å². The van der Waals surface area contributed by atoms with Gasteiger partial charge in [0, 0.05) is 10.7 Å². The van der Waals surface area contributed by atoms with Gasteiger partial charge in [-0.05, 0) is 58.5 Å². The van der Waals surface area contributed by atoms with Crippen molar-refractivity contribution in [3.05, 3.63) is 44.7 Å². The van der Waals surface area contributed by atoms with Crippen LogP contribution in [0.15, 0.2) is 36.6 Å². The van der Waals surface area contributed by atoms with Crippen molar-refractivity contribution in [2.75, 3.05) is 5.75 Å². The quantitative estimate of drug-likeness (QED) is 0.373. The molecule has 2 aromatic heterocycles. The van der Waals surface area contributed by atoms with Crippen LogP contribution in [0.3, 0.4) is 0 Å². The van der Waals surface area contributed by atoms with Crippen LogP contribution >= 0.6 is 26.6 Å². The minimum absolute atomic E-state index is 0.0275. The highest BCUT2D eigenvalue weighted by molar-refractivity contribution is 9.10. The lowest BCUT2D eigenvalue weighted by Gasteiger charge is -2.04. The zero-order valence-electron chi connectivity index (χ0n) is 13.4. The van der Waals surface area contributed by atoms with E-state index in [-0.39, 0.29) is 21.7 Å². The van der Waals surface area contributed by atoms with E-state index in [4.69, 9.17) is 19.8 Å². The van der Waals surface area contributed by atoms with Gasteiger partial charge in [0.2, 0.25) is 14.9 Å². The maximum Gasteiger partial charge on any atom is 0.446 e. The Hall–Kier alpha value is -2.05. The van der Waals surface area contributed by atoms with E-state index in [2.05, 4.69) is 31.4 Å². The Kier molecular flexibility index (Phi) is 5.77. The van der Waals surface area contributed by atoms with Crippen molar-refractivity contribution in [3.8, 4) is 17.2 Å². The lowest BCUT2D eigenvalue weighted by atomic mass is 10.1. The minimum atomic E-state index is -3.57. The maximum absolute atomic E-state index is 13.5. The second kappa shape index (κ2) is 7.90. The Morgan fingerprint density at radius 3 is 2.70 bits per heavy atom. The van der Waals surface area contributed by atoms with Crippen LogP contribution in [0.2, 0.25) is 0 Å². The molecule has 144 valence electrons. The summed E-state index contributed by atoms with van der Waals surface area (Å²) in [7, 11) is 1.60. The molecule has 1 aromatic carbocycles. The summed E-state index contributed by atoms with van der Waals surface area (Å²) in [4.78, 5) is 12.1. The van der Waals surface area contributed by atoms with E-state index in [1.54, 1.807) is 0 Å². The van der Waals surface area contributed by atoms with Gasteiger partial charge in [0.1, 0.15) is 11.5 Å². The minimum Gasteiger partial charge on any atom is -0.295 e. The van der Waals surface area contributed by atoms with Crippen molar-refractivity contribution in [2.45, 2.75) is 19.3 Å². The van der Waals surface area contributed by atoms with Crippen LogP contribution in [0.5, 0.6) is 0 Å². The lowest BCUT2D eigenvalue weighted by molar-refractivity contribution is 0.303. The van der Waals surface area contributed by atoms with Crippen LogP contribution in [0.1, 0.15) is 18.5 Å². The van der Waals surface area contributed by atoms with Gasteiger partial charge in [0.05, 0.1) is 15.9 Å². The fourth-order valence-electron chi connectivity index (χ4n) is 2.36. The number of unbranched alkanes of at least 4 members (excludes halogenated alkanes) is 1. The number of halogens is 3. The number of aryl methyl sites for hydroxylation is 1. The summed E-state index contributed by atoms with van der Waals surface area (Å²) >= 11 is 3.05. The second-order valence-electron chi connectivity index (χ2n) is 5.47. The average Bonchev–Trinajstić information content (AvgIpc) is 3.19. The molecule has 0 spiro atoms. The van der Waals surface area contributed by atoms with Crippen molar-refractivity contribution in [2.24, 2.45) is 0 Å². The summed E-state index contributed by atoms with van der Waals surface area (Å²) in [6.45, 7) is 0. The van der Waals surface area contributed by atoms with Crippen LogP contribution in [0.4, 0.5) is 4.39 Å². The Morgan fingerprint density at radius 2 is 2.00 bits per heavy atom. The van der Waals surface area contributed by atoms with Gasteiger partial charge in [0.15, 0.2) is 5.69 Å². The molecule has 0 N–H and O–H groups in total. The SMILES string of the molecule is O=c1onc(-c2nonc2CCCCS(=O)(=O)Cl)n1-c1ccc(F)c(Br)c1. The number of aromatic nitrogens is 4. The standard InChI is InChI=1S/C14H11BrClFN4O5S/c15-9-7-8(4-5-10(9)17)21-13(20-25-14(21)22)12-11(18-26-19-12)3-1-2-6-27(16,23)24/h4-5,7H,1-3,6H2. The Morgan fingerprint density at radius 1 is 1.22 bits per heavy atom. The molecule has 3 aromatic rings. The average molecular weight is 482 g/mol. The van der Waals surface area contributed by atoms with Gasteiger partial charge in [-0.2, -0.15) is 0 Å².